The minimum absolute atomic E-state index is 0.0451. The Bertz CT molecular complexity index is 735. The molecule has 0 heterocycles. The van der Waals surface area contributed by atoms with Crippen LogP contribution in [0.2, 0.25) is 5.02 Å². The molecule has 1 fully saturated rings. The normalized spacial score (nSPS) is 15.4. The third kappa shape index (κ3) is 6.59. The van der Waals surface area contributed by atoms with Gasteiger partial charge >= 0.3 is 6.03 Å². The van der Waals surface area contributed by atoms with Crippen molar-refractivity contribution in [3.8, 4) is 5.75 Å². The van der Waals surface area contributed by atoms with Crippen molar-refractivity contribution in [3.05, 3.63) is 17.2 Å². The predicted molar refractivity (Wildman–Crippen MR) is 114 cm³/mol. The van der Waals surface area contributed by atoms with Gasteiger partial charge in [-0.15, -0.1) is 0 Å². The number of halogens is 1. The van der Waals surface area contributed by atoms with Crippen molar-refractivity contribution in [2.24, 2.45) is 11.3 Å². The number of rotatable bonds is 5. The second-order valence-electron chi connectivity index (χ2n) is 9.53. The molecule has 2 rings (SSSR count). The summed E-state index contributed by atoms with van der Waals surface area (Å²) in [6, 6.07) is 2.60. The van der Waals surface area contributed by atoms with E-state index < -0.39 is 5.54 Å². The van der Waals surface area contributed by atoms with Crippen molar-refractivity contribution in [2.75, 3.05) is 10.6 Å². The molecule has 1 aromatic carbocycles. The monoisotopic (exact) mass is 409 g/mol. The van der Waals surface area contributed by atoms with Crippen LogP contribution < -0.4 is 16.0 Å². The van der Waals surface area contributed by atoms with Gasteiger partial charge < -0.3 is 21.1 Å². The summed E-state index contributed by atoms with van der Waals surface area (Å²) < 4.78 is 0. The van der Waals surface area contributed by atoms with Crippen molar-refractivity contribution in [1.82, 2.24) is 5.32 Å². The maximum atomic E-state index is 12.4. The van der Waals surface area contributed by atoms with Crippen LogP contribution in [-0.2, 0) is 4.79 Å². The van der Waals surface area contributed by atoms with Gasteiger partial charge in [-0.1, -0.05) is 45.2 Å². The first-order chi connectivity index (χ1) is 12.9. The van der Waals surface area contributed by atoms with Gasteiger partial charge in [0, 0.05) is 17.1 Å². The molecule has 1 aromatic rings. The van der Waals surface area contributed by atoms with Crippen LogP contribution in [0.4, 0.5) is 16.2 Å². The Morgan fingerprint density at radius 3 is 2.29 bits per heavy atom. The maximum absolute atomic E-state index is 12.4. The number of aromatic hydroxyl groups is 1. The molecule has 7 heteroatoms. The standard InChI is InChI=1S/C21H32ClN3O3/c1-20(2,3)12-21(4,5)25-19(28)23-14-10-15(22)17(26)16(11-14)24-18(27)13-8-6-7-9-13/h10-11,13,26H,6-9,12H2,1-5H3,(H,24,27)(H2,23,25,28). The highest BCUT2D eigenvalue weighted by atomic mass is 35.5. The number of benzene rings is 1. The molecule has 0 unspecified atom stereocenters. The molecule has 0 atom stereocenters. The van der Waals surface area contributed by atoms with Crippen LogP contribution in [0.25, 0.3) is 0 Å². The smallest absolute Gasteiger partial charge is 0.319 e. The summed E-state index contributed by atoms with van der Waals surface area (Å²) in [5.41, 5.74) is 0.265. The van der Waals surface area contributed by atoms with E-state index in [1.165, 1.54) is 12.1 Å². The summed E-state index contributed by atoms with van der Waals surface area (Å²) in [6.45, 7) is 10.3. The van der Waals surface area contributed by atoms with E-state index in [4.69, 9.17) is 11.6 Å². The summed E-state index contributed by atoms with van der Waals surface area (Å²) >= 11 is 6.09. The quantitative estimate of drug-likeness (QED) is 0.381. The largest absolute Gasteiger partial charge is 0.504 e. The van der Waals surface area contributed by atoms with Crippen molar-refractivity contribution in [3.63, 3.8) is 0 Å². The van der Waals surface area contributed by atoms with E-state index in [1.54, 1.807) is 0 Å². The Labute approximate surface area is 172 Å². The van der Waals surface area contributed by atoms with E-state index in [1.807, 2.05) is 13.8 Å². The fraction of sp³-hybridized carbons (Fsp3) is 0.619. The molecule has 1 saturated carbocycles. The molecule has 0 saturated heterocycles. The number of hydrogen-bond acceptors (Lipinski definition) is 3. The Morgan fingerprint density at radius 2 is 1.71 bits per heavy atom. The van der Waals surface area contributed by atoms with Gasteiger partial charge in [-0.2, -0.15) is 0 Å². The van der Waals surface area contributed by atoms with Gasteiger partial charge in [-0.25, -0.2) is 4.79 Å². The average Bonchev–Trinajstić information content (AvgIpc) is 3.03. The lowest BCUT2D eigenvalue weighted by molar-refractivity contribution is -0.119. The number of phenols is 1. The zero-order valence-corrected chi connectivity index (χ0v) is 18.2. The number of carbonyl (C=O) groups is 2. The minimum atomic E-state index is -0.400. The van der Waals surface area contributed by atoms with Crippen molar-refractivity contribution >= 4 is 34.9 Å². The Kier molecular flexibility index (Phi) is 6.86. The van der Waals surface area contributed by atoms with Crippen LogP contribution in [-0.4, -0.2) is 22.6 Å². The average molecular weight is 410 g/mol. The van der Waals surface area contributed by atoms with Gasteiger partial charge in [-0.3, -0.25) is 4.79 Å². The van der Waals surface area contributed by atoms with E-state index in [2.05, 4.69) is 36.7 Å². The van der Waals surface area contributed by atoms with Crippen LogP contribution in [0.3, 0.4) is 0 Å². The number of urea groups is 1. The molecule has 156 valence electrons. The number of carbonyl (C=O) groups excluding carboxylic acids is 2. The lowest BCUT2D eigenvalue weighted by Gasteiger charge is -2.33. The molecule has 0 radical (unpaired) electrons. The second kappa shape index (κ2) is 8.60. The Hall–Kier alpha value is -1.95. The molecule has 28 heavy (non-hydrogen) atoms. The number of phenolic OH excluding ortho intramolecular Hbond substituents is 1. The van der Waals surface area contributed by atoms with E-state index in [9.17, 15) is 14.7 Å². The summed E-state index contributed by atoms with van der Waals surface area (Å²) in [5, 5.41) is 18.7. The number of nitrogens with one attached hydrogen (secondary N) is 3. The van der Waals surface area contributed by atoms with Crippen LogP contribution in [0, 0.1) is 11.3 Å². The fourth-order valence-electron chi connectivity index (χ4n) is 4.03. The second-order valence-corrected chi connectivity index (χ2v) is 9.93. The van der Waals surface area contributed by atoms with Gasteiger partial charge in [0.25, 0.3) is 0 Å². The number of hydrogen-bond donors (Lipinski definition) is 4. The summed E-state index contributed by atoms with van der Waals surface area (Å²) in [5.74, 6) is -0.375. The van der Waals surface area contributed by atoms with Gasteiger partial charge in [0.2, 0.25) is 5.91 Å². The van der Waals surface area contributed by atoms with Crippen molar-refractivity contribution in [2.45, 2.75) is 72.3 Å². The highest BCUT2D eigenvalue weighted by Crippen LogP contribution is 2.36. The molecule has 0 aliphatic heterocycles. The third-order valence-electron chi connectivity index (χ3n) is 4.73. The minimum Gasteiger partial charge on any atom is -0.504 e. The molecule has 0 aromatic heterocycles. The van der Waals surface area contributed by atoms with Crippen LogP contribution in [0.5, 0.6) is 5.75 Å². The maximum Gasteiger partial charge on any atom is 0.319 e. The molecule has 1 aliphatic carbocycles. The molecule has 0 bridgehead atoms. The van der Waals surface area contributed by atoms with E-state index in [0.29, 0.717) is 5.69 Å². The summed E-state index contributed by atoms with van der Waals surface area (Å²) in [7, 11) is 0. The number of amides is 3. The van der Waals surface area contributed by atoms with Crippen LogP contribution in [0.15, 0.2) is 12.1 Å². The summed E-state index contributed by atoms with van der Waals surface area (Å²) in [4.78, 5) is 24.8. The molecule has 1 aliphatic rings. The topological polar surface area (TPSA) is 90.5 Å². The Morgan fingerprint density at radius 1 is 1.11 bits per heavy atom. The van der Waals surface area contributed by atoms with E-state index in [0.717, 1.165) is 32.1 Å². The van der Waals surface area contributed by atoms with Crippen molar-refractivity contribution in [1.29, 1.82) is 0 Å². The third-order valence-corrected chi connectivity index (χ3v) is 5.02. The van der Waals surface area contributed by atoms with Crippen LogP contribution in [0.1, 0.15) is 66.7 Å². The molecular formula is C21H32ClN3O3. The van der Waals surface area contributed by atoms with Crippen LogP contribution >= 0.6 is 11.6 Å². The summed E-state index contributed by atoms with van der Waals surface area (Å²) in [6.07, 6.45) is 4.58. The SMILES string of the molecule is CC(C)(C)CC(C)(C)NC(=O)Nc1cc(Cl)c(O)c(NC(=O)C2CCCC2)c1. The lowest BCUT2D eigenvalue weighted by atomic mass is 9.82. The van der Waals surface area contributed by atoms with Gasteiger partial charge in [0.1, 0.15) is 0 Å². The molecule has 6 nitrogen and oxygen atoms in total. The molecular weight excluding hydrogens is 378 g/mol. The van der Waals surface area contributed by atoms with Crippen molar-refractivity contribution < 1.29 is 14.7 Å². The van der Waals surface area contributed by atoms with Gasteiger partial charge in [-0.05, 0) is 50.7 Å². The number of anilines is 2. The van der Waals surface area contributed by atoms with E-state index in [-0.39, 0.29) is 39.7 Å². The highest BCUT2D eigenvalue weighted by Gasteiger charge is 2.27. The lowest BCUT2D eigenvalue weighted by Crippen LogP contribution is -2.47. The Balaban J connectivity index is 2.08. The zero-order valence-electron chi connectivity index (χ0n) is 17.4. The predicted octanol–water partition coefficient (Wildman–Crippen LogP) is 5.51. The van der Waals surface area contributed by atoms with Gasteiger partial charge in [0.05, 0.1) is 10.7 Å². The zero-order chi connectivity index (χ0) is 21.1. The van der Waals surface area contributed by atoms with Gasteiger partial charge in [0.15, 0.2) is 5.75 Å². The highest BCUT2D eigenvalue weighted by molar-refractivity contribution is 6.33. The molecule has 4 N–H and O–H groups in total. The van der Waals surface area contributed by atoms with E-state index >= 15 is 0 Å². The first-order valence-electron chi connectivity index (χ1n) is 9.79. The first kappa shape index (κ1) is 22.3. The molecule has 3 amide bonds. The molecule has 0 spiro atoms. The first-order valence-corrected chi connectivity index (χ1v) is 10.2. The fourth-order valence-corrected chi connectivity index (χ4v) is 4.25.